The van der Waals surface area contributed by atoms with Crippen LogP contribution in [0.3, 0.4) is 0 Å². The summed E-state index contributed by atoms with van der Waals surface area (Å²) in [5, 5.41) is 0. The fourth-order valence-corrected chi connectivity index (χ4v) is 2.28. The van der Waals surface area contributed by atoms with Crippen molar-refractivity contribution in [1.29, 1.82) is 0 Å². The first-order chi connectivity index (χ1) is 8.31. The minimum absolute atomic E-state index is 0.810. The highest BCUT2D eigenvalue weighted by atomic mass is 16.5. The molecule has 0 radical (unpaired) electrons. The van der Waals surface area contributed by atoms with Crippen LogP contribution in [0.15, 0.2) is 24.3 Å². The second kappa shape index (κ2) is 6.03. The van der Waals surface area contributed by atoms with E-state index in [2.05, 4.69) is 41.1 Å². The Morgan fingerprint density at radius 3 is 2.88 bits per heavy atom. The topological polar surface area (TPSA) is 15.7 Å². The van der Waals surface area contributed by atoms with Gasteiger partial charge in [0.1, 0.15) is 0 Å². The number of likely N-dealkylation sites (N-methyl/N-ethyl adjacent to an activating group) is 1. The summed E-state index contributed by atoms with van der Waals surface area (Å²) in [5.41, 5.74) is 2.79. The van der Waals surface area contributed by atoms with Crippen molar-refractivity contribution in [1.82, 2.24) is 4.90 Å². The molecule has 0 atom stereocenters. The number of nitrogens with zero attached hydrogens (tertiary/aromatic N) is 2. The lowest BCUT2D eigenvalue weighted by Crippen LogP contribution is -2.31. The molecule has 0 aliphatic carbocycles. The van der Waals surface area contributed by atoms with Crippen LogP contribution in [0.4, 0.5) is 5.69 Å². The smallest absolute Gasteiger partial charge is 0.0593 e. The van der Waals surface area contributed by atoms with Crippen LogP contribution in [0.1, 0.15) is 12.5 Å². The Balaban J connectivity index is 2.02. The van der Waals surface area contributed by atoms with Gasteiger partial charge in [-0.2, -0.15) is 0 Å². The highest BCUT2D eigenvalue weighted by molar-refractivity contribution is 5.53. The second-order valence-electron chi connectivity index (χ2n) is 4.52. The zero-order valence-electron chi connectivity index (χ0n) is 10.9. The van der Waals surface area contributed by atoms with E-state index in [-0.39, 0.29) is 0 Å². The normalized spacial score (nSPS) is 16.7. The van der Waals surface area contributed by atoms with Crippen LogP contribution in [-0.4, -0.2) is 44.8 Å². The highest BCUT2D eigenvalue weighted by Gasteiger charge is 2.16. The number of benzene rings is 1. The van der Waals surface area contributed by atoms with E-state index in [4.69, 9.17) is 4.74 Å². The Labute approximate surface area is 104 Å². The van der Waals surface area contributed by atoms with Crippen molar-refractivity contribution in [3.8, 4) is 0 Å². The summed E-state index contributed by atoms with van der Waals surface area (Å²) >= 11 is 0. The zero-order chi connectivity index (χ0) is 12.1. The largest absolute Gasteiger partial charge is 0.380 e. The van der Waals surface area contributed by atoms with E-state index in [1.165, 1.54) is 11.3 Å². The van der Waals surface area contributed by atoms with E-state index in [1.807, 2.05) is 6.92 Å². The molecule has 1 aromatic carbocycles. The van der Waals surface area contributed by atoms with Gasteiger partial charge in [-0.3, -0.25) is 4.90 Å². The molecule has 17 heavy (non-hydrogen) atoms. The van der Waals surface area contributed by atoms with Crippen LogP contribution in [0.25, 0.3) is 0 Å². The third kappa shape index (κ3) is 3.20. The van der Waals surface area contributed by atoms with Crippen molar-refractivity contribution in [2.45, 2.75) is 13.5 Å². The van der Waals surface area contributed by atoms with Crippen molar-refractivity contribution in [2.75, 3.05) is 44.8 Å². The van der Waals surface area contributed by atoms with Crippen LogP contribution in [0, 0.1) is 0 Å². The Kier molecular flexibility index (Phi) is 4.40. The first-order valence-electron chi connectivity index (χ1n) is 6.40. The maximum atomic E-state index is 5.44. The van der Waals surface area contributed by atoms with Crippen LogP contribution in [-0.2, 0) is 11.3 Å². The molecule has 0 amide bonds. The fraction of sp³-hybridized carbons (Fsp3) is 0.571. The molecule has 0 N–H and O–H groups in total. The summed E-state index contributed by atoms with van der Waals surface area (Å²) in [4.78, 5) is 4.81. The molecule has 3 nitrogen and oxygen atoms in total. The maximum Gasteiger partial charge on any atom is 0.0593 e. The summed E-state index contributed by atoms with van der Waals surface area (Å²) < 4.78 is 5.44. The third-order valence-corrected chi connectivity index (χ3v) is 3.30. The second-order valence-corrected chi connectivity index (χ2v) is 4.52. The number of ether oxygens (including phenoxy) is 1. The van der Waals surface area contributed by atoms with Gasteiger partial charge >= 0.3 is 0 Å². The van der Waals surface area contributed by atoms with Crippen molar-refractivity contribution in [3.05, 3.63) is 29.8 Å². The lowest BCUT2D eigenvalue weighted by Gasteiger charge is -2.20. The summed E-state index contributed by atoms with van der Waals surface area (Å²) in [5.74, 6) is 0. The van der Waals surface area contributed by atoms with Gasteiger partial charge in [0.15, 0.2) is 0 Å². The molecule has 1 aliphatic heterocycles. The lowest BCUT2D eigenvalue weighted by molar-refractivity contribution is 0.112. The molecule has 0 saturated heterocycles. The molecule has 3 heteroatoms. The summed E-state index contributed by atoms with van der Waals surface area (Å²) in [6, 6.07) is 8.68. The van der Waals surface area contributed by atoms with E-state index >= 15 is 0 Å². The molecule has 0 unspecified atom stereocenters. The van der Waals surface area contributed by atoms with Gasteiger partial charge in [0.05, 0.1) is 6.61 Å². The molecule has 0 bridgehead atoms. The number of rotatable bonds is 4. The molecule has 0 saturated carbocycles. The van der Waals surface area contributed by atoms with E-state index in [9.17, 15) is 0 Å². The molecule has 1 aromatic rings. The van der Waals surface area contributed by atoms with E-state index < -0.39 is 0 Å². The molecular formula is C14H22N2O. The number of hydrogen-bond donors (Lipinski definition) is 0. The van der Waals surface area contributed by atoms with Gasteiger partial charge in [-0.1, -0.05) is 18.2 Å². The average molecular weight is 234 g/mol. The quantitative estimate of drug-likeness (QED) is 0.741. The predicted octanol–water partition coefficient (Wildman–Crippen LogP) is 1.97. The van der Waals surface area contributed by atoms with Gasteiger partial charge < -0.3 is 9.64 Å². The van der Waals surface area contributed by atoms with E-state index in [0.717, 1.165) is 39.4 Å². The van der Waals surface area contributed by atoms with Crippen LogP contribution in [0.2, 0.25) is 0 Å². The molecule has 1 aliphatic rings. The first-order valence-corrected chi connectivity index (χ1v) is 6.40. The minimum atomic E-state index is 0.810. The van der Waals surface area contributed by atoms with Crippen LogP contribution in [0.5, 0.6) is 0 Å². The average Bonchev–Trinajstić information content (AvgIpc) is 2.50. The van der Waals surface area contributed by atoms with Gasteiger partial charge in [0.25, 0.3) is 0 Å². The zero-order valence-corrected chi connectivity index (χ0v) is 10.9. The lowest BCUT2D eigenvalue weighted by atomic mass is 10.1. The minimum Gasteiger partial charge on any atom is -0.380 e. The summed E-state index contributed by atoms with van der Waals surface area (Å²) in [7, 11) is 2.17. The van der Waals surface area contributed by atoms with Crippen LogP contribution >= 0.6 is 0 Å². The fourth-order valence-electron chi connectivity index (χ4n) is 2.28. The molecule has 1 heterocycles. The number of anilines is 1. The van der Waals surface area contributed by atoms with Gasteiger partial charge in [-0.25, -0.2) is 0 Å². The molecule has 0 spiro atoms. The maximum absolute atomic E-state index is 5.44. The predicted molar refractivity (Wildman–Crippen MR) is 71.5 cm³/mol. The SMILES string of the molecule is CCOCCN1CCN(C)c2ccccc2C1. The molecular weight excluding hydrogens is 212 g/mol. The highest BCUT2D eigenvalue weighted by Crippen LogP contribution is 2.23. The van der Waals surface area contributed by atoms with Crippen molar-refractivity contribution >= 4 is 5.69 Å². The summed E-state index contributed by atoms with van der Waals surface area (Å²) in [6.07, 6.45) is 0. The molecule has 2 rings (SSSR count). The number of hydrogen-bond acceptors (Lipinski definition) is 3. The Hall–Kier alpha value is -1.06. The van der Waals surface area contributed by atoms with Gasteiger partial charge in [-0.15, -0.1) is 0 Å². The molecule has 0 fully saturated rings. The van der Waals surface area contributed by atoms with Crippen molar-refractivity contribution < 1.29 is 4.74 Å². The standard InChI is InChI=1S/C14H22N2O/c1-3-17-11-10-16-9-8-15(2)14-7-5-4-6-13(14)12-16/h4-7H,3,8-12H2,1-2H3. The van der Waals surface area contributed by atoms with Crippen molar-refractivity contribution in [2.24, 2.45) is 0 Å². The Morgan fingerprint density at radius 2 is 2.06 bits per heavy atom. The Bertz CT molecular complexity index is 354. The van der Waals surface area contributed by atoms with E-state index in [1.54, 1.807) is 0 Å². The van der Waals surface area contributed by atoms with Crippen LogP contribution < -0.4 is 4.90 Å². The number of fused-ring (bicyclic) bond motifs is 1. The number of para-hydroxylation sites is 1. The third-order valence-electron chi connectivity index (χ3n) is 3.30. The monoisotopic (exact) mass is 234 g/mol. The van der Waals surface area contributed by atoms with E-state index in [0.29, 0.717) is 0 Å². The van der Waals surface area contributed by atoms with Crippen molar-refractivity contribution in [3.63, 3.8) is 0 Å². The summed E-state index contributed by atoms with van der Waals surface area (Å²) in [6.45, 7) is 7.95. The molecule has 0 aromatic heterocycles. The van der Waals surface area contributed by atoms with Gasteiger partial charge in [-0.05, 0) is 18.6 Å². The van der Waals surface area contributed by atoms with Gasteiger partial charge in [0.2, 0.25) is 0 Å². The molecule has 94 valence electrons. The first kappa shape index (κ1) is 12.4. The van der Waals surface area contributed by atoms with Gasteiger partial charge in [0, 0.05) is 45.5 Å². The Morgan fingerprint density at radius 1 is 1.24 bits per heavy atom.